The number of rotatable bonds is 3. The fraction of sp³-hybridized carbons (Fsp3) is 0.900. The number of nitrogens with two attached hydrogens (primary N) is 1. The summed E-state index contributed by atoms with van der Waals surface area (Å²) in [6.07, 6.45) is 0.641. The third-order valence-corrected chi connectivity index (χ3v) is 4.31. The molecule has 0 spiro atoms. The lowest BCUT2D eigenvalue weighted by Crippen LogP contribution is -2.50. The molecule has 0 saturated carbocycles. The van der Waals surface area contributed by atoms with Gasteiger partial charge in [-0.25, -0.2) is 8.42 Å². The molecule has 0 radical (unpaired) electrons. The first kappa shape index (κ1) is 13.4. The molecule has 0 aromatic rings. The van der Waals surface area contributed by atoms with E-state index in [1.807, 2.05) is 13.8 Å². The highest BCUT2D eigenvalue weighted by Gasteiger charge is 2.28. The van der Waals surface area contributed by atoms with Crippen LogP contribution in [0.3, 0.4) is 0 Å². The molecule has 16 heavy (non-hydrogen) atoms. The summed E-state index contributed by atoms with van der Waals surface area (Å²) in [5.74, 6) is 0.372. The molecule has 1 amide bonds. The van der Waals surface area contributed by atoms with Gasteiger partial charge in [-0.15, -0.1) is 0 Å². The summed E-state index contributed by atoms with van der Waals surface area (Å²) in [5.41, 5.74) is 5.78. The Labute approximate surface area is 96.9 Å². The van der Waals surface area contributed by atoms with Crippen LogP contribution in [0.25, 0.3) is 0 Å². The van der Waals surface area contributed by atoms with Crippen molar-refractivity contribution in [1.82, 2.24) is 4.90 Å². The van der Waals surface area contributed by atoms with Crippen molar-refractivity contribution in [2.45, 2.75) is 26.3 Å². The minimum Gasteiger partial charge on any atom is -0.339 e. The van der Waals surface area contributed by atoms with E-state index in [1.54, 1.807) is 4.90 Å². The molecule has 1 unspecified atom stereocenters. The van der Waals surface area contributed by atoms with Crippen molar-refractivity contribution in [3.05, 3.63) is 0 Å². The quantitative estimate of drug-likeness (QED) is 0.738. The monoisotopic (exact) mass is 248 g/mol. The Kier molecular flexibility index (Phi) is 4.32. The fourth-order valence-electron chi connectivity index (χ4n) is 1.78. The second kappa shape index (κ2) is 5.14. The van der Waals surface area contributed by atoms with Crippen LogP contribution in [0.4, 0.5) is 0 Å². The van der Waals surface area contributed by atoms with Gasteiger partial charge in [-0.1, -0.05) is 13.8 Å². The van der Waals surface area contributed by atoms with E-state index in [2.05, 4.69) is 0 Å². The van der Waals surface area contributed by atoms with Crippen LogP contribution in [-0.2, 0) is 14.6 Å². The molecule has 1 saturated heterocycles. The highest BCUT2D eigenvalue weighted by atomic mass is 32.2. The predicted molar refractivity (Wildman–Crippen MR) is 62.7 cm³/mol. The molecule has 6 heteroatoms. The van der Waals surface area contributed by atoms with E-state index >= 15 is 0 Å². The molecule has 0 aromatic carbocycles. The third-order valence-electron chi connectivity index (χ3n) is 2.70. The maximum absolute atomic E-state index is 11.9. The first-order valence-electron chi connectivity index (χ1n) is 5.56. The van der Waals surface area contributed by atoms with Crippen molar-refractivity contribution in [1.29, 1.82) is 0 Å². The van der Waals surface area contributed by atoms with Crippen molar-refractivity contribution in [2.24, 2.45) is 11.7 Å². The minimum absolute atomic E-state index is 0.0626. The molecule has 0 aliphatic carbocycles. The van der Waals surface area contributed by atoms with E-state index in [1.165, 1.54) is 0 Å². The lowest BCUT2D eigenvalue weighted by molar-refractivity contribution is -0.132. The van der Waals surface area contributed by atoms with Crippen molar-refractivity contribution in [3.8, 4) is 0 Å². The molecule has 0 aromatic heterocycles. The summed E-state index contributed by atoms with van der Waals surface area (Å²) in [5, 5.41) is 0. The van der Waals surface area contributed by atoms with Gasteiger partial charge in [0.2, 0.25) is 5.91 Å². The molecule has 1 aliphatic rings. The van der Waals surface area contributed by atoms with Crippen LogP contribution in [0.2, 0.25) is 0 Å². The zero-order valence-corrected chi connectivity index (χ0v) is 10.7. The van der Waals surface area contributed by atoms with E-state index in [4.69, 9.17) is 5.73 Å². The number of carbonyl (C=O) groups is 1. The second-order valence-electron chi connectivity index (χ2n) is 4.71. The Hall–Kier alpha value is -0.620. The number of nitrogens with zero attached hydrogens (tertiary/aromatic N) is 1. The number of hydrogen-bond donors (Lipinski definition) is 1. The van der Waals surface area contributed by atoms with Crippen LogP contribution in [0.1, 0.15) is 20.3 Å². The van der Waals surface area contributed by atoms with Crippen LogP contribution >= 0.6 is 0 Å². The molecule has 1 heterocycles. The summed E-state index contributed by atoms with van der Waals surface area (Å²) in [6.45, 7) is 4.58. The molecular formula is C10H20N2O3S. The Morgan fingerprint density at radius 3 is 2.25 bits per heavy atom. The zero-order chi connectivity index (χ0) is 12.3. The van der Waals surface area contributed by atoms with E-state index in [9.17, 15) is 13.2 Å². The number of carbonyl (C=O) groups excluding carboxylic acids is 1. The summed E-state index contributed by atoms with van der Waals surface area (Å²) in [7, 11) is -2.93. The van der Waals surface area contributed by atoms with Crippen LogP contribution in [0, 0.1) is 5.92 Å². The van der Waals surface area contributed by atoms with Gasteiger partial charge in [-0.3, -0.25) is 4.79 Å². The average molecular weight is 248 g/mol. The topological polar surface area (TPSA) is 80.5 Å². The van der Waals surface area contributed by atoms with E-state index in [0.29, 0.717) is 12.3 Å². The standard InChI is InChI=1S/C10H20N2O3S/c1-8(2)7-9(11)10(13)12-3-5-16(14,15)6-4-12/h8-9H,3-7,11H2,1-2H3. The Morgan fingerprint density at radius 1 is 1.31 bits per heavy atom. The minimum atomic E-state index is -2.93. The van der Waals surface area contributed by atoms with Crippen LogP contribution < -0.4 is 5.73 Å². The van der Waals surface area contributed by atoms with Gasteiger partial charge in [-0.05, 0) is 12.3 Å². The lowest BCUT2D eigenvalue weighted by atomic mass is 10.0. The Morgan fingerprint density at radius 2 is 1.81 bits per heavy atom. The van der Waals surface area contributed by atoms with Gasteiger partial charge in [0, 0.05) is 13.1 Å². The second-order valence-corrected chi connectivity index (χ2v) is 7.02. The van der Waals surface area contributed by atoms with E-state index < -0.39 is 15.9 Å². The Balaban J connectivity index is 2.50. The molecule has 2 N–H and O–H groups in total. The highest BCUT2D eigenvalue weighted by Crippen LogP contribution is 2.09. The van der Waals surface area contributed by atoms with E-state index in [-0.39, 0.29) is 30.5 Å². The lowest BCUT2D eigenvalue weighted by Gasteiger charge is -2.29. The van der Waals surface area contributed by atoms with Gasteiger partial charge in [0.15, 0.2) is 9.84 Å². The summed E-state index contributed by atoms with van der Waals surface area (Å²) < 4.78 is 22.4. The van der Waals surface area contributed by atoms with Crippen molar-refractivity contribution in [2.75, 3.05) is 24.6 Å². The largest absolute Gasteiger partial charge is 0.339 e. The number of sulfone groups is 1. The normalized spacial score (nSPS) is 22.1. The number of amides is 1. The molecule has 94 valence electrons. The van der Waals surface area contributed by atoms with Gasteiger partial charge in [-0.2, -0.15) is 0 Å². The average Bonchev–Trinajstić information content (AvgIpc) is 2.15. The van der Waals surface area contributed by atoms with Crippen LogP contribution in [0.5, 0.6) is 0 Å². The summed E-state index contributed by atoms with van der Waals surface area (Å²) >= 11 is 0. The molecule has 0 bridgehead atoms. The van der Waals surface area contributed by atoms with Crippen molar-refractivity contribution in [3.63, 3.8) is 0 Å². The van der Waals surface area contributed by atoms with Crippen molar-refractivity contribution < 1.29 is 13.2 Å². The van der Waals surface area contributed by atoms with E-state index in [0.717, 1.165) is 0 Å². The van der Waals surface area contributed by atoms with Crippen LogP contribution in [-0.4, -0.2) is 49.9 Å². The molecule has 5 nitrogen and oxygen atoms in total. The molecule has 1 fully saturated rings. The van der Waals surface area contributed by atoms with Crippen molar-refractivity contribution >= 4 is 15.7 Å². The predicted octanol–water partition coefficient (Wildman–Crippen LogP) is -0.383. The molecule has 1 rings (SSSR count). The zero-order valence-electron chi connectivity index (χ0n) is 9.85. The molecule has 1 aliphatic heterocycles. The summed E-state index contributed by atoms with van der Waals surface area (Å²) in [6, 6.07) is -0.499. The summed E-state index contributed by atoms with van der Waals surface area (Å²) in [4.78, 5) is 13.4. The maximum atomic E-state index is 11.9. The SMILES string of the molecule is CC(C)CC(N)C(=O)N1CCS(=O)(=O)CC1. The highest BCUT2D eigenvalue weighted by molar-refractivity contribution is 7.91. The van der Waals surface area contributed by atoms with Gasteiger partial charge in [0.05, 0.1) is 17.5 Å². The first-order valence-corrected chi connectivity index (χ1v) is 7.39. The Bertz CT molecular complexity index is 337. The van der Waals surface area contributed by atoms with Gasteiger partial charge >= 0.3 is 0 Å². The molecular weight excluding hydrogens is 228 g/mol. The fourth-order valence-corrected chi connectivity index (χ4v) is 2.98. The van der Waals surface area contributed by atoms with Gasteiger partial charge in [0.1, 0.15) is 0 Å². The number of hydrogen-bond acceptors (Lipinski definition) is 4. The smallest absolute Gasteiger partial charge is 0.239 e. The van der Waals surface area contributed by atoms with Gasteiger partial charge in [0.25, 0.3) is 0 Å². The third kappa shape index (κ3) is 3.75. The first-order chi connectivity index (χ1) is 7.32. The van der Waals surface area contributed by atoms with Gasteiger partial charge < -0.3 is 10.6 Å². The molecule has 1 atom stereocenters. The maximum Gasteiger partial charge on any atom is 0.239 e. The van der Waals surface area contributed by atoms with Crippen LogP contribution in [0.15, 0.2) is 0 Å².